The van der Waals surface area contributed by atoms with Gasteiger partial charge >= 0.3 is 6.03 Å². The largest absolute Gasteiger partial charge is 0.368 e. The maximum absolute atomic E-state index is 13.8. The van der Waals surface area contributed by atoms with Gasteiger partial charge in [-0.15, -0.1) is 11.3 Å². The number of para-hydroxylation sites is 1. The van der Waals surface area contributed by atoms with Crippen molar-refractivity contribution in [3.63, 3.8) is 0 Å². The first kappa shape index (κ1) is 26.2. The number of benzene rings is 2. The van der Waals surface area contributed by atoms with Crippen molar-refractivity contribution in [2.45, 2.75) is 19.9 Å². The highest BCUT2D eigenvalue weighted by atomic mass is 32.1. The van der Waals surface area contributed by atoms with Crippen LogP contribution < -0.4 is 15.5 Å². The number of halogens is 1. The zero-order valence-electron chi connectivity index (χ0n) is 20.8. The minimum atomic E-state index is -0.465. The lowest BCUT2D eigenvalue weighted by Gasteiger charge is -2.36. The molecule has 1 aliphatic rings. The highest BCUT2D eigenvalue weighted by Crippen LogP contribution is 2.21. The molecule has 10 heteroatoms. The number of anilines is 3. The molecule has 0 radical (unpaired) electrons. The van der Waals surface area contributed by atoms with Crippen LogP contribution in [0.3, 0.4) is 0 Å². The summed E-state index contributed by atoms with van der Waals surface area (Å²) in [5, 5.41) is 7.33. The van der Waals surface area contributed by atoms with Gasteiger partial charge in [-0.2, -0.15) is 0 Å². The molecule has 194 valence electrons. The summed E-state index contributed by atoms with van der Waals surface area (Å²) < 4.78 is 13.8. The van der Waals surface area contributed by atoms with Crippen LogP contribution in [0.15, 0.2) is 66.0 Å². The molecule has 8 nitrogen and oxygen atoms in total. The van der Waals surface area contributed by atoms with E-state index in [0.717, 1.165) is 5.69 Å². The van der Waals surface area contributed by atoms with Crippen LogP contribution in [-0.2, 0) is 4.79 Å². The number of carbonyl (C=O) groups is 3. The second kappa shape index (κ2) is 11.9. The molecule has 0 aliphatic carbocycles. The van der Waals surface area contributed by atoms with Crippen molar-refractivity contribution in [1.29, 1.82) is 0 Å². The van der Waals surface area contributed by atoms with Gasteiger partial charge < -0.3 is 25.3 Å². The van der Waals surface area contributed by atoms with E-state index in [1.165, 1.54) is 23.5 Å². The van der Waals surface area contributed by atoms with Gasteiger partial charge in [0, 0.05) is 43.6 Å². The number of carbonyl (C=O) groups excluding carboxylic acids is 3. The molecule has 4 rings (SSSR count). The van der Waals surface area contributed by atoms with Gasteiger partial charge in [-0.05, 0) is 61.7 Å². The van der Waals surface area contributed by atoms with Crippen molar-refractivity contribution in [2.24, 2.45) is 0 Å². The molecule has 1 saturated heterocycles. The molecule has 1 aromatic heterocycles. The molecule has 2 N–H and O–H groups in total. The summed E-state index contributed by atoms with van der Waals surface area (Å²) >= 11 is 1.36. The number of urea groups is 1. The Morgan fingerprint density at radius 1 is 0.946 bits per heavy atom. The fourth-order valence-electron chi connectivity index (χ4n) is 4.07. The first-order chi connectivity index (χ1) is 17.8. The predicted octanol–water partition coefficient (Wildman–Crippen LogP) is 4.73. The summed E-state index contributed by atoms with van der Waals surface area (Å²) in [4.78, 5) is 43.9. The number of nitrogens with zero attached hydrogens (tertiary/aromatic N) is 3. The third-order valence-electron chi connectivity index (χ3n) is 6.13. The minimum Gasteiger partial charge on any atom is -0.368 e. The van der Waals surface area contributed by atoms with E-state index in [1.54, 1.807) is 28.0 Å². The Morgan fingerprint density at radius 3 is 2.27 bits per heavy atom. The van der Waals surface area contributed by atoms with E-state index in [0.29, 0.717) is 36.7 Å². The van der Waals surface area contributed by atoms with Crippen molar-refractivity contribution in [3.8, 4) is 0 Å². The Balaban J connectivity index is 1.27. The van der Waals surface area contributed by atoms with Crippen molar-refractivity contribution >= 4 is 46.2 Å². The van der Waals surface area contributed by atoms with E-state index in [2.05, 4.69) is 15.5 Å². The topological polar surface area (TPSA) is 85.0 Å². The highest BCUT2D eigenvalue weighted by Gasteiger charge is 2.24. The van der Waals surface area contributed by atoms with Crippen LogP contribution in [0.2, 0.25) is 0 Å². The molecular weight excluding hydrogens is 493 g/mol. The molecule has 2 aromatic carbocycles. The second-order valence-corrected chi connectivity index (χ2v) is 9.93. The Morgan fingerprint density at radius 2 is 1.65 bits per heavy atom. The fourth-order valence-corrected chi connectivity index (χ4v) is 4.75. The molecule has 0 spiro atoms. The van der Waals surface area contributed by atoms with Crippen LogP contribution >= 0.6 is 11.3 Å². The van der Waals surface area contributed by atoms with E-state index in [9.17, 15) is 18.8 Å². The molecule has 0 atom stereocenters. The Hall–Kier alpha value is -3.92. The minimum absolute atomic E-state index is 0.0347. The Bertz CT molecular complexity index is 1230. The van der Waals surface area contributed by atoms with Crippen LogP contribution in [-0.4, -0.2) is 66.4 Å². The zero-order valence-corrected chi connectivity index (χ0v) is 21.6. The van der Waals surface area contributed by atoms with Crippen LogP contribution in [0.4, 0.5) is 26.2 Å². The Kier molecular flexibility index (Phi) is 8.39. The maximum Gasteiger partial charge on any atom is 0.322 e. The number of nitrogens with one attached hydrogen (secondary N) is 2. The summed E-state index contributed by atoms with van der Waals surface area (Å²) in [5.74, 6) is -0.884. The lowest BCUT2D eigenvalue weighted by atomic mass is 10.2. The number of rotatable bonds is 7. The van der Waals surface area contributed by atoms with Crippen LogP contribution in [0, 0.1) is 5.82 Å². The molecular formula is C27H30FN5O3S. The zero-order chi connectivity index (χ0) is 26.4. The van der Waals surface area contributed by atoms with Gasteiger partial charge in [-0.1, -0.05) is 18.2 Å². The molecule has 0 unspecified atom stereocenters. The summed E-state index contributed by atoms with van der Waals surface area (Å²) in [6, 6.07) is 16.7. The van der Waals surface area contributed by atoms with Gasteiger partial charge in [0.2, 0.25) is 5.91 Å². The van der Waals surface area contributed by atoms with Crippen molar-refractivity contribution in [2.75, 3.05) is 48.3 Å². The molecule has 4 amide bonds. The first-order valence-corrected chi connectivity index (χ1v) is 13.0. The van der Waals surface area contributed by atoms with E-state index >= 15 is 0 Å². The molecule has 3 aromatic rings. The van der Waals surface area contributed by atoms with Gasteiger partial charge in [0.25, 0.3) is 5.91 Å². The van der Waals surface area contributed by atoms with E-state index < -0.39 is 5.82 Å². The third-order valence-corrected chi connectivity index (χ3v) is 6.99. The number of piperazine rings is 1. The van der Waals surface area contributed by atoms with E-state index in [1.807, 2.05) is 49.6 Å². The number of hydrogen-bond acceptors (Lipinski definition) is 5. The molecule has 0 saturated carbocycles. The SMILES string of the molecule is CC(C)N(CC(=O)Nc1ccc(N2CCN(C(=O)Nc3ccccc3F)CC2)cc1)C(=O)c1cccs1. The summed E-state index contributed by atoms with van der Waals surface area (Å²) in [6.07, 6.45) is 0. The fraction of sp³-hybridized carbons (Fsp3) is 0.296. The molecule has 1 aliphatic heterocycles. The van der Waals surface area contributed by atoms with E-state index in [4.69, 9.17) is 0 Å². The molecule has 2 heterocycles. The van der Waals surface area contributed by atoms with E-state index in [-0.39, 0.29) is 36.1 Å². The van der Waals surface area contributed by atoms with Crippen LogP contribution in [0.5, 0.6) is 0 Å². The van der Waals surface area contributed by atoms with Gasteiger partial charge in [0.15, 0.2) is 0 Å². The summed E-state index contributed by atoms with van der Waals surface area (Å²) in [5.41, 5.74) is 1.78. The maximum atomic E-state index is 13.8. The lowest BCUT2D eigenvalue weighted by Crippen LogP contribution is -2.50. The number of hydrogen-bond donors (Lipinski definition) is 2. The Labute approximate surface area is 219 Å². The average Bonchev–Trinajstić information content (AvgIpc) is 3.44. The first-order valence-electron chi connectivity index (χ1n) is 12.1. The lowest BCUT2D eigenvalue weighted by molar-refractivity contribution is -0.117. The van der Waals surface area contributed by atoms with Gasteiger partial charge in [-0.3, -0.25) is 9.59 Å². The summed E-state index contributed by atoms with van der Waals surface area (Å²) in [6.45, 7) is 6.00. The second-order valence-electron chi connectivity index (χ2n) is 8.98. The van der Waals surface area contributed by atoms with Gasteiger partial charge in [-0.25, -0.2) is 9.18 Å². The van der Waals surface area contributed by atoms with Crippen LogP contribution in [0.25, 0.3) is 0 Å². The quantitative estimate of drug-likeness (QED) is 0.469. The van der Waals surface area contributed by atoms with Crippen LogP contribution in [0.1, 0.15) is 23.5 Å². The van der Waals surface area contributed by atoms with Gasteiger partial charge in [0.05, 0.1) is 10.6 Å². The number of amides is 4. The number of thiophene rings is 1. The third kappa shape index (κ3) is 6.65. The normalized spacial score (nSPS) is 13.4. The average molecular weight is 524 g/mol. The molecule has 1 fully saturated rings. The van der Waals surface area contributed by atoms with Crippen molar-refractivity contribution in [3.05, 3.63) is 76.7 Å². The predicted molar refractivity (Wildman–Crippen MR) is 145 cm³/mol. The van der Waals surface area contributed by atoms with Crippen molar-refractivity contribution < 1.29 is 18.8 Å². The van der Waals surface area contributed by atoms with Gasteiger partial charge in [0.1, 0.15) is 12.4 Å². The summed E-state index contributed by atoms with van der Waals surface area (Å²) in [7, 11) is 0. The smallest absolute Gasteiger partial charge is 0.322 e. The standard InChI is InChI=1S/C27H30FN5O3S/c1-19(2)33(26(35)24-8-5-17-37-24)18-25(34)29-20-9-11-21(12-10-20)31-13-15-32(16-14-31)27(36)30-23-7-4-3-6-22(23)28/h3-12,17,19H,13-16,18H2,1-2H3,(H,29,34)(H,30,36). The molecule has 37 heavy (non-hydrogen) atoms. The van der Waals surface area contributed by atoms with Crippen molar-refractivity contribution in [1.82, 2.24) is 9.80 Å². The molecule has 0 bridgehead atoms. The highest BCUT2D eigenvalue weighted by molar-refractivity contribution is 7.12. The monoisotopic (exact) mass is 523 g/mol.